The summed E-state index contributed by atoms with van der Waals surface area (Å²) in [5.74, 6) is -0.649. The van der Waals surface area contributed by atoms with Crippen molar-refractivity contribution in [1.82, 2.24) is 4.98 Å². The molecule has 4 nitrogen and oxygen atoms in total. The molecule has 5 heteroatoms. The minimum Gasteiger partial charge on any atom is -0.664 e. The number of carbonyl (C=O) groups is 1. The van der Waals surface area contributed by atoms with Crippen molar-refractivity contribution in [2.45, 2.75) is 0 Å². The molecule has 0 saturated heterocycles. The minimum atomic E-state index is -0.649. The maximum Gasteiger partial charge on any atom is 1.00 e. The third-order valence-corrected chi connectivity index (χ3v) is 1.91. The Kier molecular flexibility index (Phi) is 3.69. The van der Waals surface area contributed by atoms with Crippen molar-refractivity contribution in [2.75, 3.05) is 11.9 Å². The number of nitrogens with zero attached hydrogens (tertiary/aromatic N) is 1. The summed E-state index contributed by atoms with van der Waals surface area (Å²) in [4.78, 5) is 14.8. The molecule has 0 radical (unpaired) electrons. The largest absolute Gasteiger partial charge is 1.00 e. The van der Waals surface area contributed by atoms with Crippen molar-refractivity contribution in [3.63, 3.8) is 0 Å². The number of amides is 1. The Morgan fingerprint density at radius 3 is 3.07 bits per heavy atom. The van der Waals surface area contributed by atoms with E-state index in [2.05, 4.69) is 10.3 Å². The molecule has 0 unspecified atom stereocenters. The SMILES string of the molecule is [NH-]C(=O)C1=Cc2ncccc2NC1.[Na+]. The Morgan fingerprint density at radius 2 is 2.36 bits per heavy atom. The number of fused-ring (bicyclic) bond motifs is 1. The predicted molar refractivity (Wildman–Crippen MR) is 50.0 cm³/mol. The number of pyridine rings is 1. The van der Waals surface area contributed by atoms with Crippen LogP contribution in [-0.2, 0) is 4.79 Å². The number of anilines is 1. The summed E-state index contributed by atoms with van der Waals surface area (Å²) in [5, 5.41) is 3.02. The molecule has 2 rings (SSSR count). The molecule has 1 amide bonds. The second-order valence-electron chi connectivity index (χ2n) is 2.79. The first kappa shape index (κ1) is 11.2. The molecular weight excluding hydrogens is 189 g/mol. The Hall–Kier alpha value is -0.840. The van der Waals surface area contributed by atoms with E-state index < -0.39 is 5.91 Å². The summed E-state index contributed by atoms with van der Waals surface area (Å²) >= 11 is 0. The third-order valence-electron chi connectivity index (χ3n) is 1.91. The zero-order valence-corrected chi connectivity index (χ0v) is 9.87. The summed E-state index contributed by atoms with van der Waals surface area (Å²) in [6.45, 7) is 0.418. The van der Waals surface area contributed by atoms with Gasteiger partial charge in [0.2, 0.25) is 0 Å². The van der Waals surface area contributed by atoms with Gasteiger partial charge in [0.05, 0.1) is 17.3 Å². The Bertz CT molecular complexity index is 389. The molecule has 14 heavy (non-hydrogen) atoms. The smallest absolute Gasteiger partial charge is 0.664 e. The van der Waals surface area contributed by atoms with Gasteiger partial charge >= 0.3 is 29.6 Å². The summed E-state index contributed by atoms with van der Waals surface area (Å²) in [5.41, 5.74) is 9.02. The van der Waals surface area contributed by atoms with E-state index in [1.807, 2.05) is 12.1 Å². The van der Waals surface area contributed by atoms with Gasteiger partial charge < -0.3 is 15.8 Å². The van der Waals surface area contributed by atoms with Crippen LogP contribution in [0.3, 0.4) is 0 Å². The van der Waals surface area contributed by atoms with Gasteiger partial charge in [-0.15, -0.1) is 0 Å². The average molecular weight is 197 g/mol. The molecule has 2 heterocycles. The number of rotatable bonds is 1. The molecule has 1 aliphatic rings. The van der Waals surface area contributed by atoms with E-state index in [-0.39, 0.29) is 29.6 Å². The fourth-order valence-electron chi connectivity index (χ4n) is 1.23. The van der Waals surface area contributed by atoms with Gasteiger partial charge in [-0.05, 0) is 23.8 Å². The number of hydrogen-bond acceptors (Lipinski definition) is 3. The van der Waals surface area contributed by atoms with Crippen molar-refractivity contribution in [2.24, 2.45) is 0 Å². The van der Waals surface area contributed by atoms with Crippen LogP contribution in [0.4, 0.5) is 5.69 Å². The summed E-state index contributed by atoms with van der Waals surface area (Å²) in [6.07, 6.45) is 3.32. The maximum absolute atomic E-state index is 10.7. The first-order valence-electron chi connectivity index (χ1n) is 3.93. The third kappa shape index (κ3) is 2.15. The van der Waals surface area contributed by atoms with Crippen LogP contribution < -0.4 is 34.9 Å². The zero-order valence-electron chi connectivity index (χ0n) is 7.87. The van der Waals surface area contributed by atoms with Crippen molar-refractivity contribution in [3.8, 4) is 0 Å². The van der Waals surface area contributed by atoms with E-state index in [0.29, 0.717) is 12.1 Å². The molecule has 0 aliphatic carbocycles. The van der Waals surface area contributed by atoms with Crippen LogP contribution in [0.5, 0.6) is 0 Å². The molecule has 1 aromatic heterocycles. The van der Waals surface area contributed by atoms with Gasteiger partial charge in [0.25, 0.3) is 0 Å². The molecule has 0 spiro atoms. The van der Waals surface area contributed by atoms with Gasteiger partial charge in [-0.1, -0.05) is 0 Å². The molecule has 2 N–H and O–H groups in total. The number of aromatic nitrogens is 1. The number of nitrogens with one attached hydrogen (secondary N) is 2. The molecule has 0 aromatic carbocycles. The van der Waals surface area contributed by atoms with Gasteiger partial charge in [-0.3, -0.25) is 4.98 Å². The Morgan fingerprint density at radius 1 is 1.57 bits per heavy atom. The van der Waals surface area contributed by atoms with Crippen LogP contribution in [0.15, 0.2) is 23.9 Å². The van der Waals surface area contributed by atoms with Gasteiger partial charge in [0.1, 0.15) is 0 Å². The van der Waals surface area contributed by atoms with E-state index in [0.717, 1.165) is 11.4 Å². The zero-order chi connectivity index (χ0) is 9.26. The predicted octanol–water partition coefficient (Wildman–Crippen LogP) is -1.53. The van der Waals surface area contributed by atoms with Gasteiger partial charge in [0, 0.05) is 12.7 Å². The van der Waals surface area contributed by atoms with Crippen molar-refractivity contribution >= 4 is 17.7 Å². The Balaban J connectivity index is 0.000000980. The summed E-state index contributed by atoms with van der Waals surface area (Å²) in [7, 11) is 0. The van der Waals surface area contributed by atoms with Gasteiger partial charge in [0.15, 0.2) is 0 Å². The molecule has 0 fully saturated rings. The summed E-state index contributed by atoms with van der Waals surface area (Å²) in [6, 6.07) is 3.72. The number of carbonyl (C=O) groups excluding carboxylic acids is 1. The topological polar surface area (TPSA) is 65.8 Å². The molecule has 1 aliphatic heterocycles. The van der Waals surface area contributed by atoms with Crippen LogP contribution >= 0.6 is 0 Å². The van der Waals surface area contributed by atoms with E-state index in [9.17, 15) is 4.79 Å². The molecule has 0 atom stereocenters. The fraction of sp³-hybridized carbons (Fsp3) is 0.111. The van der Waals surface area contributed by atoms with Crippen LogP contribution in [-0.4, -0.2) is 17.4 Å². The first-order chi connectivity index (χ1) is 6.27. The van der Waals surface area contributed by atoms with Gasteiger partial charge in [-0.2, -0.15) is 0 Å². The maximum atomic E-state index is 10.7. The van der Waals surface area contributed by atoms with Crippen molar-refractivity contribution < 1.29 is 34.4 Å². The number of hydrogen-bond donors (Lipinski definition) is 1. The monoisotopic (exact) mass is 197 g/mol. The van der Waals surface area contributed by atoms with Crippen LogP contribution in [0, 0.1) is 0 Å². The minimum absolute atomic E-state index is 0. The van der Waals surface area contributed by atoms with Crippen LogP contribution in [0.25, 0.3) is 11.8 Å². The van der Waals surface area contributed by atoms with Gasteiger partial charge in [-0.25, -0.2) is 0 Å². The van der Waals surface area contributed by atoms with E-state index in [4.69, 9.17) is 5.73 Å². The fourth-order valence-corrected chi connectivity index (χ4v) is 1.23. The average Bonchev–Trinajstić information content (AvgIpc) is 2.17. The Labute approximate surface area is 104 Å². The van der Waals surface area contributed by atoms with Crippen molar-refractivity contribution in [3.05, 3.63) is 35.3 Å². The van der Waals surface area contributed by atoms with Crippen molar-refractivity contribution in [1.29, 1.82) is 0 Å². The molecule has 1 aromatic rings. The molecule has 0 saturated carbocycles. The van der Waals surface area contributed by atoms with E-state index >= 15 is 0 Å². The van der Waals surface area contributed by atoms with E-state index in [1.54, 1.807) is 12.3 Å². The van der Waals surface area contributed by atoms with Crippen LogP contribution in [0.2, 0.25) is 0 Å². The standard InChI is InChI=1S/C9H9N3O.Na/c10-9(13)6-4-8-7(12-5-6)2-1-3-11-8;/h1-4H,5H2,(H3,10,12,13);/q;+1/p-1. The molecule has 0 bridgehead atoms. The quantitative estimate of drug-likeness (QED) is 0.556. The normalized spacial score (nSPS) is 13.0. The summed E-state index contributed by atoms with van der Waals surface area (Å²) < 4.78 is 0. The second kappa shape index (κ2) is 4.59. The first-order valence-corrected chi connectivity index (χ1v) is 3.93. The van der Waals surface area contributed by atoms with E-state index in [1.165, 1.54) is 0 Å². The molecular formula is C9H8N3NaO. The second-order valence-corrected chi connectivity index (χ2v) is 2.79. The van der Waals surface area contributed by atoms with Crippen LogP contribution in [0.1, 0.15) is 5.69 Å². The molecule has 66 valence electrons.